The molecule has 3 nitrogen and oxygen atoms in total. The fourth-order valence-corrected chi connectivity index (χ4v) is 2.10. The van der Waals surface area contributed by atoms with E-state index < -0.39 is 0 Å². The summed E-state index contributed by atoms with van der Waals surface area (Å²) in [6.45, 7) is 1.71. The fraction of sp³-hybridized carbons (Fsp3) is 0.167. The largest absolute Gasteiger partial charge is 0.469 e. The highest BCUT2D eigenvalue weighted by atomic mass is 32.1. The van der Waals surface area contributed by atoms with Crippen LogP contribution in [0.25, 0.3) is 0 Å². The zero-order valence-corrected chi connectivity index (χ0v) is 9.54. The van der Waals surface area contributed by atoms with Crippen LogP contribution in [0.3, 0.4) is 0 Å². The van der Waals surface area contributed by atoms with Gasteiger partial charge in [0.2, 0.25) is 0 Å². The number of carbonyl (C=O) groups excluding carboxylic acids is 2. The van der Waals surface area contributed by atoms with Crippen LogP contribution in [0.4, 0.5) is 0 Å². The molecule has 0 unspecified atom stereocenters. The molecule has 0 bridgehead atoms. The lowest BCUT2D eigenvalue weighted by Gasteiger charge is -1.97. The molecular formula is C12H10O3S. The Morgan fingerprint density at radius 2 is 2.12 bits per heavy atom. The first-order valence-corrected chi connectivity index (χ1v) is 5.70. The van der Waals surface area contributed by atoms with Gasteiger partial charge in [-0.15, -0.1) is 11.3 Å². The van der Waals surface area contributed by atoms with Gasteiger partial charge in [0.25, 0.3) is 0 Å². The Balaban J connectivity index is 2.09. The molecule has 2 aromatic rings. The fourth-order valence-electron chi connectivity index (χ4n) is 1.44. The third-order valence-electron chi connectivity index (χ3n) is 2.28. The number of thiophene rings is 1. The number of hydrogen-bond donors (Lipinski definition) is 0. The monoisotopic (exact) mass is 234 g/mol. The first-order valence-electron chi connectivity index (χ1n) is 4.82. The zero-order chi connectivity index (χ0) is 11.5. The molecule has 2 rings (SSSR count). The molecule has 0 atom stereocenters. The van der Waals surface area contributed by atoms with E-state index >= 15 is 0 Å². The van der Waals surface area contributed by atoms with Gasteiger partial charge in [0.1, 0.15) is 5.76 Å². The summed E-state index contributed by atoms with van der Waals surface area (Å²) in [5.41, 5.74) is 0.491. The van der Waals surface area contributed by atoms with Crippen LogP contribution in [0.2, 0.25) is 0 Å². The van der Waals surface area contributed by atoms with E-state index in [0.717, 1.165) is 0 Å². The van der Waals surface area contributed by atoms with E-state index in [9.17, 15) is 9.59 Å². The summed E-state index contributed by atoms with van der Waals surface area (Å²) in [7, 11) is 0. The van der Waals surface area contributed by atoms with Crippen molar-refractivity contribution in [3.05, 3.63) is 46.0 Å². The first kappa shape index (κ1) is 10.8. The van der Waals surface area contributed by atoms with Crippen LogP contribution in [-0.2, 0) is 0 Å². The second kappa shape index (κ2) is 4.45. The average Bonchev–Trinajstić information content (AvgIpc) is 2.86. The van der Waals surface area contributed by atoms with Gasteiger partial charge >= 0.3 is 0 Å². The first-order chi connectivity index (χ1) is 7.68. The predicted molar refractivity (Wildman–Crippen MR) is 61.0 cm³/mol. The van der Waals surface area contributed by atoms with Crippen molar-refractivity contribution < 1.29 is 14.0 Å². The van der Waals surface area contributed by atoms with Crippen molar-refractivity contribution in [3.8, 4) is 0 Å². The van der Waals surface area contributed by atoms with Crippen LogP contribution in [0.5, 0.6) is 0 Å². The third-order valence-corrected chi connectivity index (χ3v) is 3.19. The summed E-state index contributed by atoms with van der Waals surface area (Å²) in [5, 5.41) is 1.82. The highest BCUT2D eigenvalue weighted by Crippen LogP contribution is 2.16. The molecule has 0 N–H and O–H groups in total. The molecule has 0 radical (unpaired) electrons. The van der Waals surface area contributed by atoms with E-state index in [2.05, 4.69) is 0 Å². The van der Waals surface area contributed by atoms with Gasteiger partial charge in [-0.3, -0.25) is 9.59 Å². The predicted octanol–water partition coefficient (Wildman–Crippen LogP) is 3.11. The van der Waals surface area contributed by atoms with Gasteiger partial charge in [-0.05, 0) is 24.4 Å². The maximum Gasteiger partial charge on any atom is 0.180 e. The second-order valence-electron chi connectivity index (χ2n) is 3.39. The Bertz CT molecular complexity index is 508. The van der Waals surface area contributed by atoms with Crippen molar-refractivity contribution in [2.24, 2.45) is 0 Å². The highest BCUT2D eigenvalue weighted by Gasteiger charge is 2.17. The van der Waals surface area contributed by atoms with Crippen LogP contribution in [-0.4, -0.2) is 11.6 Å². The number of carbonyl (C=O) groups is 2. The van der Waals surface area contributed by atoms with Crippen molar-refractivity contribution in [3.63, 3.8) is 0 Å². The minimum Gasteiger partial charge on any atom is -0.469 e. The number of Topliss-reactive ketones (excluding diaryl/α,β-unsaturated/α-hetero) is 2. The van der Waals surface area contributed by atoms with Crippen LogP contribution in [0.15, 0.2) is 34.3 Å². The van der Waals surface area contributed by atoms with Crippen LogP contribution in [0.1, 0.15) is 32.2 Å². The van der Waals surface area contributed by atoms with E-state index in [1.807, 2.05) is 5.38 Å². The Morgan fingerprint density at radius 3 is 2.69 bits per heavy atom. The average molecular weight is 234 g/mol. The molecule has 0 saturated carbocycles. The molecule has 0 aliphatic rings. The van der Waals surface area contributed by atoms with E-state index in [-0.39, 0.29) is 18.0 Å². The van der Waals surface area contributed by atoms with Gasteiger partial charge in [0, 0.05) is 0 Å². The minimum atomic E-state index is -0.190. The lowest BCUT2D eigenvalue weighted by Crippen LogP contribution is -2.07. The molecular weight excluding hydrogens is 224 g/mol. The molecule has 4 heteroatoms. The highest BCUT2D eigenvalue weighted by molar-refractivity contribution is 7.12. The third kappa shape index (κ3) is 2.12. The van der Waals surface area contributed by atoms with Gasteiger partial charge in [0.15, 0.2) is 11.6 Å². The second-order valence-corrected chi connectivity index (χ2v) is 4.34. The van der Waals surface area contributed by atoms with Crippen molar-refractivity contribution in [2.45, 2.75) is 13.3 Å². The van der Waals surface area contributed by atoms with E-state index in [1.54, 1.807) is 25.1 Å². The molecule has 2 heterocycles. The zero-order valence-electron chi connectivity index (χ0n) is 8.73. The number of furan rings is 1. The number of aryl methyl sites for hydroxylation is 1. The standard InChI is InChI=1S/C12H10O3S/c1-8-9(4-5-15-8)10(13)7-11(14)12-3-2-6-16-12/h2-6H,7H2,1H3. The maximum absolute atomic E-state index is 11.8. The van der Waals surface area contributed by atoms with E-state index in [1.165, 1.54) is 17.6 Å². The maximum atomic E-state index is 11.8. The van der Waals surface area contributed by atoms with Gasteiger partial charge in [-0.25, -0.2) is 0 Å². The van der Waals surface area contributed by atoms with Crippen molar-refractivity contribution in [1.29, 1.82) is 0 Å². The number of ketones is 2. The van der Waals surface area contributed by atoms with Crippen molar-refractivity contribution >= 4 is 22.9 Å². The van der Waals surface area contributed by atoms with Gasteiger partial charge in [-0.2, -0.15) is 0 Å². The van der Waals surface area contributed by atoms with Gasteiger partial charge in [0.05, 0.1) is 23.1 Å². The Morgan fingerprint density at radius 1 is 1.31 bits per heavy atom. The quantitative estimate of drug-likeness (QED) is 0.603. The summed E-state index contributed by atoms with van der Waals surface area (Å²) in [5.74, 6) is 0.231. The van der Waals surface area contributed by atoms with E-state index in [4.69, 9.17) is 4.42 Å². The van der Waals surface area contributed by atoms with Gasteiger partial charge < -0.3 is 4.42 Å². The molecule has 82 valence electrons. The molecule has 0 fully saturated rings. The molecule has 0 spiro atoms. The smallest absolute Gasteiger partial charge is 0.180 e. The lowest BCUT2D eigenvalue weighted by atomic mass is 10.1. The van der Waals surface area contributed by atoms with Crippen molar-refractivity contribution in [1.82, 2.24) is 0 Å². The Hall–Kier alpha value is -1.68. The van der Waals surface area contributed by atoms with Crippen LogP contribution >= 0.6 is 11.3 Å². The molecule has 0 amide bonds. The summed E-state index contributed by atoms with van der Waals surface area (Å²) < 4.78 is 5.03. The molecule has 0 aromatic carbocycles. The SMILES string of the molecule is Cc1occc1C(=O)CC(=O)c1cccs1. The molecule has 16 heavy (non-hydrogen) atoms. The number of hydrogen-bond acceptors (Lipinski definition) is 4. The van der Waals surface area contributed by atoms with Crippen molar-refractivity contribution in [2.75, 3.05) is 0 Å². The summed E-state index contributed by atoms with van der Waals surface area (Å²) in [6, 6.07) is 5.12. The van der Waals surface area contributed by atoms with Crippen LogP contribution in [0, 0.1) is 6.92 Å². The molecule has 0 aliphatic carbocycles. The van der Waals surface area contributed by atoms with Crippen LogP contribution < -0.4 is 0 Å². The number of rotatable bonds is 4. The molecule has 2 aromatic heterocycles. The normalized spacial score (nSPS) is 10.3. The summed E-state index contributed by atoms with van der Waals surface area (Å²) >= 11 is 1.35. The lowest BCUT2D eigenvalue weighted by molar-refractivity contribution is 0.0896. The van der Waals surface area contributed by atoms with Gasteiger partial charge in [-0.1, -0.05) is 6.07 Å². The van der Waals surface area contributed by atoms with E-state index in [0.29, 0.717) is 16.2 Å². The minimum absolute atomic E-state index is 0.0963. The summed E-state index contributed by atoms with van der Waals surface area (Å²) in [6.07, 6.45) is 1.36. The topological polar surface area (TPSA) is 47.3 Å². The Kier molecular flexibility index (Phi) is 3.01. The Labute approximate surface area is 96.7 Å². The summed E-state index contributed by atoms with van der Waals surface area (Å²) in [4.78, 5) is 24.1. The molecule has 0 saturated heterocycles. The molecule has 0 aliphatic heterocycles.